The Labute approximate surface area is 299 Å². The lowest BCUT2D eigenvalue weighted by atomic mass is 9.89. The number of H-pyrrole nitrogens is 2. The van der Waals surface area contributed by atoms with Crippen molar-refractivity contribution < 1.29 is 39.9 Å². The molecule has 17 heteroatoms. The lowest BCUT2D eigenvalue weighted by molar-refractivity contribution is -0.123. The lowest BCUT2D eigenvalue weighted by Gasteiger charge is -2.29. The summed E-state index contributed by atoms with van der Waals surface area (Å²) in [6.07, 6.45) is 1.39. The summed E-state index contributed by atoms with van der Waals surface area (Å²) in [7, 11) is 0. The van der Waals surface area contributed by atoms with Gasteiger partial charge in [-0.2, -0.15) is 13.9 Å². The third-order valence-electron chi connectivity index (χ3n) is 9.34. The predicted molar refractivity (Wildman–Crippen MR) is 180 cm³/mol. The first-order valence-electron chi connectivity index (χ1n) is 16.5. The normalized spacial score (nSPS) is 15.5. The van der Waals surface area contributed by atoms with Gasteiger partial charge in [-0.1, -0.05) is 0 Å². The fraction of sp³-hybridized carbons (Fsp3) is 0.216. The summed E-state index contributed by atoms with van der Waals surface area (Å²) >= 11 is 0. The highest BCUT2D eigenvalue weighted by molar-refractivity contribution is 5.86. The van der Waals surface area contributed by atoms with E-state index in [1.54, 1.807) is 43.0 Å². The van der Waals surface area contributed by atoms with Crippen molar-refractivity contribution in [3.05, 3.63) is 119 Å². The maximum atomic E-state index is 15.1. The maximum absolute atomic E-state index is 15.1. The van der Waals surface area contributed by atoms with Crippen molar-refractivity contribution in [3.8, 4) is 22.3 Å². The highest BCUT2D eigenvalue weighted by atomic mass is 19.3. The molecule has 3 N–H and O–H groups in total. The molecule has 6 heterocycles. The van der Waals surface area contributed by atoms with E-state index in [0.29, 0.717) is 45.0 Å². The molecule has 9 nitrogen and oxygen atoms in total. The van der Waals surface area contributed by atoms with E-state index >= 15 is 8.78 Å². The number of amides is 1. The average Bonchev–Trinajstić information content (AvgIpc) is 3.88. The molecule has 0 unspecified atom stereocenters. The summed E-state index contributed by atoms with van der Waals surface area (Å²) in [4.78, 5) is 33.4. The van der Waals surface area contributed by atoms with E-state index in [9.17, 15) is 31.1 Å². The quantitative estimate of drug-likeness (QED) is 0.128. The number of halogens is 8. The zero-order chi connectivity index (χ0) is 37.9. The van der Waals surface area contributed by atoms with Crippen LogP contribution in [0.3, 0.4) is 0 Å². The average molecular weight is 751 g/mol. The molecule has 0 fully saturated rings. The number of nitrogens with zero attached hydrogens (tertiary/aromatic N) is 5. The maximum Gasteiger partial charge on any atom is 0.290 e. The van der Waals surface area contributed by atoms with E-state index in [1.165, 1.54) is 6.20 Å². The van der Waals surface area contributed by atoms with E-state index in [4.69, 9.17) is 4.98 Å². The standard InChI is InChI=1S/C37H26F8N8O/c38-24-7-18(8-25(39)13-24)9-27(51-28(54)17-53-32-29(31(52-53)33(40)41)36(42,43)3-4-37(32,44)45)30-26(23-11-20-2-6-47-35(20)50-16-23)12-22(14-48-30)21-10-19-1-5-46-34(19)49-15-21/h1-2,5-8,10-16,27,33H,3-4,9,17H2,(H,46,49)(H,47,50)(H,51,54)/t27-/m0/s1. The number of fused-ring (bicyclic) bond motifs is 3. The molecule has 1 atom stereocenters. The molecule has 1 amide bonds. The highest BCUT2D eigenvalue weighted by Crippen LogP contribution is 2.52. The van der Waals surface area contributed by atoms with Crippen LogP contribution in [0.25, 0.3) is 44.3 Å². The Hall–Kier alpha value is -6.13. The topological polar surface area (TPSA) is 117 Å². The largest absolute Gasteiger partial charge is 0.346 e. The number of rotatable bonds is 9. The minimum absolute atomic E-state index is 0.0681. The van der Waals surface area contributed by atoms with Gasteiger partial charge in [0, 0.05) is 82.9 Å². The molecule has 0 saturated heterocycles. The van der Waals surface area contributed by atoms with Gasteiger partial charge in [-0.25, -0.2) is 36.3 Å². The highest BCUT2D eigenvalue weighted by Gasteiger charge is 2.55. The first-order valence-corrected chi connectivity index (χ1v) is 16.5. The number of aromatic nitrogens is 7. The number of hydrogen-bond acceptors (Lipinski definition) is 5. The number of hydrogen-bond donors (Lipinski definition) is 3. The zero-order valence-corrected chi connectivity index (χ0v) is 27.7. The van der Waals surface area contributed by atoms with Crippen LogP contribution >= 0.6 is 0 Å². The van der Waals surface area contributed by atoms with Gasteiger partial charge in [0.2, 0.25) is 5.91 Å². The fourth-order valence-electron chi connectivity index (χ4n) is 6.92. The number of carbonyl (C=O) groups excluding carboxylic acids is 1. The molecule has 1 aromatic carbocycles. The smallest absolute Gasteiger partial charge is 0.290 e. The molecule has 1 aliphatic carbocycles. The molecule has 0 bridgehead atoms. The number of pyridine rings is 3. The molecule has 0 aliphatic heterocycles. The summed E-state index contributed by atoms with van der Waals surface area (Å²) in [6, 6.07) is 10.5. The number of nitrogens with one attached hydrogen (secondary N) is 3. The molecule has 0 radical (unpaired) electrons. The molecule has 6 aromatic heterocycles. The Morgan fingerprint density at radius 2 is 1.37 bits per heavy atom. The van der Waals surface area contributed by atoms with Crippen molar-refractivity contribution >= 4 is 28.0 Å². The van der Waals surface area contributed by atoms with Crippen molar-refractivity contribution in [2.24, 2.45) is 0 Å². The van der Waals surface area contributed by atoms with Crippen LogP contribution in [-0.2, 0) is 29.6 Å². The number of aromatic amines is 2. The molecule has 7 aromatic rings. The van der Waals surface area contributed by atoms with Gasteiger partial charge in [-0.3, -0.25) is 14.5 Å². The molecule has 54 heavy (non-hydrogen) atoms. The minimum atomic E-state index is -4.04. The van der Waals surface area contributed by atoms with Crippen LogP contribution in [0.4, 0.5) is 35.1 Å². The minimum Gasteiger partial charge on any atom is -0.346 e. The van der Waals surface area contributed by atoms with Gasteiger partial charge in [0.25, 0.3) is 18.3 Å². The Morgan fingerprint density at radius 3 is 2.04 bits per heavy atom. The Morgan fingerprint density at radius 1 is 0.778 bits per heavy atom. The summed E-state index contributed by atoms with van der Waals surface area (Å²) < 4.78 is 117. The van der Waals surface area contributed by atoms with Crippen molar-refractivity contribution in [1.29, 1.82) is 0 Å². The molecule has 276 valence electrons. The van der Waals surface area contributed by atoms with Gasteiger partial charge in [-0.05, 0) is 54.4 Å². The van der Waals surface area contributed by atoms with Gasteiger partial charge >= 0.3 is 0 Å². The van der Waals surface area contributed by atoms with Crippen molar-refractivity contribution in [2.75, 3.05) is 0 Å². The van der Waals surface area contributed by atoms with Gasteiger partial charge in [-0.15, -0.1) is 0 Å². The summed E-state index contributed by atoms with van der Waals surface area (Å²) in [6.45, 7) is -1.17. The Balaban J connectivity index is 1.24. The fourth-order valence-corrected chi connectivity index (χ4v) is 6.92. The zero-order valence-electron chi connectivity index (χ0n) is 27.7. The second-order valence-electron chi connectivity index (χ2n) is 13.0. The van der Waals surface area contributed by atoms with Crippen LogP contribution in [0.5, 0.6) is 0 Å². The summed E-state index contributed by atoms with van der Waals surface area (Å²) in [5.41, 5.74) is -1.02. The Bertz CT molecular complexity index is 2540. The third kappa shape index (κ3) is 6.43. The van der Waals surface area contributed by atoms with E-state index in [0.717, 1.165) is 17.5 Å². The molecule has 8 rings (SSSR count). The summed E-state index contributed by atoms with van der Waals surface area (Å²) in [5, 5.41) is 7.51. The van der Waals surface area contributed by atoms with Crippen LogP contribution in [-0.4, -0.2) is 40.6 Å². The van der Waals surface area contributed by atoms with Gasteiger partial charge in [0.15, 0.2) is 0 Å². The first kappa shape index (κ1) is 34.9. The third-order valence-corrected chi connectivity index (χ3v) is 9.34. The first-order chi connectivity index (χ1) is 25.8. The predicted octanol–water partition coefficient (Wildman–Crippen LogP) is 8.66. The second kappa shape index (κ2) is 13.1. The van der Waals surface area contributed by atoms with Crippen molar-refractivity contribution in [2.45, 2.75) is 50.1 Å². The van der Waals surface area contributed by atoms with Crippen LogP contribution in [0.2, 0.25) is 0 Å². The van der Waals surface area contributed by atoms with Gasteiger partial charge in [0.1, 0.15) is 40.9 Å². The van der Waals surface area contributed by atoms with Gasteiger partial charge < -0.3 is 15.3 Å². The second-order valence-corrected chi connectivity index (χ2v) is 13.0. The lowest BCUT2D eigenvalue weighted by Crippen LogP contribution is -2.37. The number of benzene rings is 1. The molecule has 0 saturated carbocycles. The molecule has 1 aliphatic rings. The molecule has 0 spiro atoms. The number of carbonyl (C=O) groups is 1. The van der Waals surface area contributed by atoms with E-state index in [-0.39, 0.29) is 22.4 Å². The summed E-state index contributed by atoms with van der Waals surface area (Å²) in [5.74, 6) is -11.0. The number of alkyl halides is 6. The van der Waals surface area contributed by atoms with E-state index < -0.39 is 78.2 Å². The molecular weight excluding hydrogens is 724 g/mol. The SMILES string of the molecule is O=C(Cn1nc(C(F)F)c2c1C(F)(F)CCC2(F)F)N[C@@H](Cc1cc(F)cc(F)c1)c1ncc(-c2cnc3[nH]ccc3c2)cc1-c1cnc2[nH]ccc2c1. The van der Waals surface area contributed by atoms with Gasteiger partial charge in [0.05, 0.1) is 17.3 Å². The van der Waals surface area contributed by atoms with E-state index in [1.807, 2.05) is 12.1 Å². The van der Waals surface area contributed by atoms with Crippen LogP contribution in [0.15, 0.2) is 79.5 Å². The van der Waals surface area contributed by atoms with Crippen LogP contribution < -0.4 is 5.32 Å². The van der Waals surface area contributed by atoms with Crippen LogP contribution in [0, 0.1) is 11.6 Å². The van der Waals surface area contributed by atoms with Crippen LogP contribution in [0.1, 0.15) is 53.5 Å². The van der Waals surface area contributed by atoms with Crippen molar-refractivity contribution in [3.63, 3.8) is 0 Å². The van der Waals surface area contributed by atoms with Crippen molar-refractivity contribution in [1.82, 2.24) is 40.0 Å². The molecular formula is C37H26F8N8O. The Kier molecular flexibility index (Phi) is 8.45. The van der Waals surface area contributed by atoms with E-state index in [2.05, 4.69) is 30.4 Å². The monoisotopic (exact) mass is 750 g/mol.